The fourth-order valence-corrected chi connectivity index (χ4v) is 5.07. The zero-order valence-corrected chi connectivity index (χ0v) is 21.7. The summed E-state index contributed by atoms with van der Waals surface area (Å²) in [4.78, 5) is 12.8. The normalized spacial score (nSPS) is 11.1. The van der Waals surface area contributed by atoms with E-state index in [0.717, 1.165) is 21.6 Å². The number of carbonyl (C=O) groups is 1. The number of nitrogens with zero attached hydrogens (tertiary/aromatic N) is 1. The average molecular weight is 545 g/mol. The van der Waals surface area contributed by atoms with Crippen LogP contribution in [0.2, 0.25) is 0 Å². The van der Waals surface area contributed by atoms with Gasteiger partial charge < -0.3 is 10.1 Å². The van der Waals surface area contributed by atoms with Crippen LogP contribution >= 0.6 is 15.9 Å². The van der Waals surface area contributed by atoms with E-state index in [0.29, 0.717) is 24.6 Å². The Bertz CT molecular complexity index is 1180. The minimum absolute atomic E-state index is 0.108. The molecule has 0 radical (unpaired) electrons. The zero-order chi connectivity index (χ0) is 24.6. The molecule has 0 aromatic heterocycles. The third-order valence-corrected chi connectivity index (χ3v) is 7.53. The first kappa shape index (κ1) is 25.8. The third-order valence-electron chi connectivity index (χ3n) is 5.21. The molecular weight excluding hydrogens is 516 g/mol. The number of sulfonamides is 1. The summed E-state index contributed by atoms with van der Waals surface area (Å²) >= 11 is 3.33. The Balaban J connectivity index is 1.71. The summed E-state index contributed by atoms with van der Waals surface area (Å²) in [6.45, 7) is 4.56. The molecule has 0 heterocycles. The van der Waals surface area contributed by atoms with Gasteiger partial charge in [0.25, 0.3) is 10.0 Å². The highest BCUT2D eigenvalue weighted by atomic mass is 79.9. The van der Waals surface area contributed by atoms with Crippen molar-refractivity contribution in [1.82, 2.24) is 5.32 Å². The molecule has 34 heavy (non-hydrogen) atoms. The molecule has 180 valence electrons. The van der Waals surface area contributed by atoms with Crippen LogP contribution < -0.4 is 14.4 Å². The largest absolute Gasteiger partial charge is 0.494 e. The SMILES string of the molecule is CCOc1ccc(N(CC(=O)NCCCc2ccc(C)cc2)S(=O)(=O)c2ccc(Br)cc2)cc1. The van der Waals surface area contributed by atoms with Gasteiger partial charge >= 0.3 is 0 Å². The first-order chi connectivity index (χ1) is 16.3. The molecule has 1 N–H and O–H groups in total. The molecule has 0 unspecified atom stereocenters. The quantitative estimate of drug-likeness (QED) is 0.340. The smallest absolute Gasteiger partial charge is 0.264 e. The van der Waals surface area contributed by atoms with Crippen molar-refractivity contribution >= 4 is 37.5 Å². The lowest BCUT2D eigenvalue weighted by Gasteiger charge is -2.24. The lowest BCUT2D eigenvalue weighted by atomic mass is 10.1. The molecule has 0 fully saturated rings. The van der Waals surface area contributed by atoms with Crippen LogP contribution in [-0.4, -0.2) is 34.0 Å². The maximum atomic E-state index is 13.4. The Hall–Kier alpha value is -2.84. The number of ether oxygens (including phenoxy) is 1. The minimum atomic E-state index is -3.96. The summed E-state index contributed by atoms with van der Waals surface area (Å²) in [5.74, 6) is 0.270. The molecule has 0 spiro atoms. The van der Waals surface area contributed by atoms with Gasteiger partial charge in [-0.25, -0.2) is 8.42 Å². The number of nitrogens with one attached hydrogen (secondary N) is 1. The van der Waals surface area contributed by atoms with E-state index in [2.05, 4.69) is 45.5 Å². The van der Waals surface area contributed by atoms with E-state index in [9.17, 15) is 13.2 Å². The second kappa shape index (κ2) is 12.0. The monoisotopic (exact) mass is 544 g/mol. The van der Waals surface area contributed by atoms with Gasteiger partial charge in [0.15, 0.2) is 0 Å². The number of hydrogen-bond acceptors (Lipinski definition) is 4. The average Bonchev–Trinajstić information content (AvgIpc) is 2.82. The molecule has 0 aliphatic heterocycles. The highest BCUT2D eigenvalue weighted by Crippen LogP contribution is 2.26. The van der Waals surface area contributed by atoms with Crippen molar-refractivity contribution < 1.29 is 17.9 Å². The number of anilines is 1. The zero-order valence-electron chi connectivity index (χ0n) is 19.3. The molecule has 0 saturated heterocycles. The molecule has 3 aromatic carbocycles. The van der Waals surface area contributed by atoms with Crippen molar-refractivity contribution in [2.24, 2.45) is 0 Å². The summed E-state index contributed by atoms with van der Waals surface area (Å²) < 4.78 is 34.2. The van der Waals surface area contributed by atoms with E-state index < -0.39 is 10.0 Å². The summed E-state index contributed by atoms with van der Waals surface area (Å²) in [5.41, 5.74) is 2.80. The predicted octanol–water partition coefficient (Wildman–Crippen LogP) is 5.10. The molecule has 0 aliphatic rings. The molecular formula is C26H29BrN2O4S. The van der Waals surface area contributed by atoms with Crippen molar-refractivity contribution in [2.45, 2.75) is 31.6 Å². The van der Waals surface area contributed by atoms with Gasteiger partial charge in [0, 0.05) is 11.0 Å². The standard InChI is InChI=1S/C26H29BrN2O4S/c1-3-33-24-14-12-23(13-15-24)29(34(31,32)25-16-10-22(27)11-17-25)19-26(30)28-18-4-5-21-8-6-20(2)7-9-21/h6-17H,3-5,18-19H2,1-2H3,(H,28,30). The van der Waals surface area contributed by atoms with Crippen LogP contribution in [0.3, 0.4) is 0 Å². The van der Waals surface area contributed by atoms with Crippen LogP contribution in [0.1, 0.15) is 24.5 Å². The van der Waals surface area contributed by atoms with Crippen molar-refractivity contribution in [3.8, 4) is 5.75 Å². The molecule has 8 heteroatoms. The van der Waals surface area contributed by atoms with Gasteiger partial charge in [-0.15, -0.1) is 0 Å². The van der Waals surface area contributed by atoms with Crippen LogP contribution in [0.15, 0.2) is 82.2 Å². The molecule has 0 saturated carbocycles. The van der Waals surface area contributed by atoms with Crippen molar-refractivity contribution in [1.29, 1.82) is 0 Å². The Morgan fingerprint density at radius 3 is 2.24 bits per heavy atom. The van der Waals surface area contributed by atoms with Crippen LogP contribution in [0.25, 0.3) is 0 Å². The van der Waals surface area contributed by atoms with Crippen LogP contribution in [-0.2, 0) is 21.2 Å². The number of halogens is 1. The van der Waals surface area contributed by atoms with Crippen molar-refractivity contribution in [3.63, 3.8) is 0 Å². The Kier molecular flexibility index (Phi) is 9.12. The van der Waals surface area contributed by atoms with Gasteiger partial charge in [-0.2, -0.15) is 0 Å². The van der Waals surface area contributed by atoms with E-state index in [1.54, 1.807) is 36.4 Å². The van der Waals surface area contributed by atoms with Crippen LogP contribution in [0.5, 0.6) is 5.75 Å². The fourth-order valence-electron chi connectivity index (χ4n) is 3.39. The third kappa shape index (κ3) is 7.08. The number of aryl methyl sites for hydroxylation is 2. The maximum Gasteiger partial charge on any atom is 0.264 e. The van der Waals surface area contributed by atoms with E-state index >= 15 is 0 Å². The lowest BCUT2D eigenvalue weighted by molar-refractivity contribution is -0.119. The van der Waals surface area contributed by atoms with Crippen LogP contribution in [0.4, 0.5) is 5.69 Å². The van der Waals surface area contributed by atoms with Gasteiger partial charge in [0.2, 0.25) is 5.91 Å². The molecule has 0 bridgehead atoms. The summed E-state index contributed by atoms with van der Waals surface area (Å²) in [5, 5.41) is 2.85. The Morgan fingerprint density at radius 2 is 1.62 bits per heavy atom. The number of carbonyl (C=O) groups excluding carboxylic acids is 1. The number of benzene rings is 3. The molecule has 6 nitrogen and oxygen atoms in total. The summed E-state index contributed by atoms with van der Waals surface area (Å²) in [6, 6.07) is 21.3. The number of amides is 1. The Morgan fingerprint density at radius 1 is 0.971 bits per heavy atom. The highest BCUT2D eigenvalue weighted by Gasteiger charge is 2.27. The second-order valence-electron chi connectivity index (χ2n) is 7.83. The van der Waals surface area contributed by atoms with Gasteiger partial charge in [0.1, 0.15) is 12.3 Å². The van der Waals surface area contributed by atoms with Gasteiger partial charge in [-0.1, -0.05) is 45.8 Å². The first-order valence-corrected chi connectivity index (χ1v) is 13.4. The summed E-state index contributed by atoms with van der Waals surface area (Å²) in [6.07, 6.45) is 1.59. The highest BCUT2D eigenvalue weighted by molar-refractivity contribution is 9.10. The number of rotatable bonds is 11. The predicted molar refractivity (Wildman–Crippen MR) is 139 cm³/mol. The van der Waals surface area contributed by atoms with Gasteiger partial charge in [-0.05, 0) is 80.8 Å². The first-order valence-electron chi connectivity index (χ1n) is 11.1. The topological polar surface area (TPSA) is 75.7 Å². The van der Waals surface area contributed by atoms with Gasteiger partial charge in [0.05, 0.1) is 17.2 Å². The Labute approximate surface area is 210 Å². The molecule has 3 aromatic rings. The van der Waals surface area contributed by atoms with Gasteiger partial charge in [-0.3, -0.25) is 9.10 Å². The fraction of sp³-hybridized carbons (Fsp3) is 0.269. The minimum Gasteiger partial charge on any atom is -0.494 e. The van der Waals surface area contributed by atoms with E-state index in [4.69, 9.17) is 4.74 Å². The van der Waals surface area contributed by atoms with E-state index in [-0.39, 0.29) is 17.3 Å². The maximum absolute atomic E-state index is 13.4. The van der Waals surface area contributed by atoms with Crippen molar-refractivity contribution in [3.05, 3.63) is 88.4 Å². The van der Waals surface area contributed by atoms with E-state index in [1.807, 2.05) is 13.8 Å². The molecule has 0 atom stereocenters. The molecule has 0 aliphatic carbocycles. The molecule has 1 amide bonds. The second-order valence-corrected chi connectivity index (χ2v) is 10.6. The number of hydrogen-bond donors (Lipinski definition) is 1. The molecule has 3 rings (SSSR count). The summed E-state index contributed by atoms with van der Waals surface area (Å²) in [7, 11) is -3.96. The van der Waals surface area contributed by atoms with Crippen molar-refractivity contribution in [2.75, 3.05) is 24.0 Å². The van der Waals surface area contributed by atoms with Crippen LogP contribution in [0, 0.1) is 6.92 Å². The van der Waals surface area contributed by atoms with E-state index in [1.165, 1.54) is 23.3 Å². The lowest BCUT2D eigenvalue weighted by Crippen LogP contribution is -2.41.